The first-order chi connectivity index (χ1) is 12.1. The minimum absolute atomic E-state index is 0.0418. The molecule has 5 nitrogen and oxygen atoms in total. The standard InChI is InChI=1S/C21H26N2O3/c1-14(2)26-18-8-6-7-16(13-18)19(24)22-17-11-9-15(10-12-17)20(25)23-21(3,4)5/h6-14H,1-5H3,(H,22,24)(H,23,25). The number of hydrogen-bond donors (Lipinski definition) is 2. The molecule has 0 aliphatic rings. The first-order valence-electron chi connectivity index (χ1n) is 8.65. The highest BCUT2D eigenvalue weighted by Gasteiger charge is 2.15. The fraction of sp³-hybridized carbons (Fsp3) is 0.333. The van der Waals surface area contributed by atoms with Gasteiger partial charge >= 0.3 is 0 Å². The number of nitrogens with one attached hydrogen (secondary N) is 2. The van der Waals surface area contributed by atoms with Crippen molar-refractivity contribution in [3.05, 3.63) is 59.7 Å². The van der Waals surface area contributed by atoms with Crippen molar-refractivity contribution in [3.8, 4) is 5.75 Å². The quantitative estimate of drug-likeness (QED) is 0.843. The van der Waals surface area contributed by atoms with Gasteiger partial charge in [0.15, 0.2) is 0 Å². The maximum Gasteiger partial charge on any atom is 0.255 e. The lowest BCUT2D eigenvalue weighted by Gasteiger charge is -2.20. The Morgan fingerprint density at radius 1 is 0.923 bits per heavy atom. The highest BCUT2D eigenvalue weighted by atomic mass is 16.5. The second-order valence-electron chi connectivity index (χ2n) is 7.43. The third-order valence-electron chi connectivity index (χ3n) is 3.36. The third kappa shape index (κ3) is 5.92. The van der Waals surface area contributed by atoms with E-state index in [9.17, 15) is 9.59 Å². The maximum absolute atomic E-state index is 12.4. The Morgan fingerprint density at radius 2 is 1.58 bits per heavy atom. The molecular formula is C21H26N2O3. The molecule has 2 aromatic rings. The average molecular weight is 354 g/mol. The van der Waals surface area contributed by atoms with Gasteiger partial charge in [-0.2, -0.15) is 0 Å². The van der Waals surface area contributed by atoms with Crippen LogP contribution >= 0.6 is 0 Å². The topological polar surface area (TPSA) is 67.4 Å². The molecule has 2 N–H and O–H groups in total. The van der Waals surface area contributed by atoms with E-state index in [0.29, 0.717) is 22.6 Å². The molecule has 0 bridgehead atoms. The predicted octanol–water partition coefficient (Wildman–Crippen LogP) is 4.25. The van der Waals surface area contributed by atoms with Crippen LogP contribution in [-0.2, 0) is 0 Å². The van der Waals surface area contributed by atoms with Crippen LogP contribution in [0.5, 0.6) is 5.75 Å². The van der Waals surface area contributed by atoms with E-state index in [0.717, 1.165) is 0 Å². The Hall–Kier alpha value is -2.82. The summed E-state index contributed by atoms with van der Waals surface area (Å²) < 4.78 is 5.61. The fourth-order valence-electron chi connectivity index (χ4n) is 2.30. The first kappa shape index (κ1) is 19.5. The molecule has 0 heterocycles. The van der Waals surface area contributed by atoms with Crippen molar-refractivity contribution in [2.75, 3.05) is 5.32 Å². The Bertz CT molecular complexity index is 775. The van der Waals surface area contributed by atoms with Crippen molar-refractivity contribution in [1.29, 1.82) is 0 Å². The molecule has 2 amide bonds. The summed E-state index contributed by atoms with van der Waals surface area (Å²) in [5.41, 5.74) is 1.38. The number of anilines is 1. The van der Waals surface area contributed by atoms with Gasteiger partial charge in [-0.15, -0.1) is 0 Å². The Morgan fingerprint density at radius 3 is 2.15 bits per heavy atom. The minimum atomic E-state index is -0.299. The van der Waals surface area contributed by atoms with Gasteiger partial charge in [0.25, 0.3) is 11.8 Å². The van der Waals surface area contributed by atoms with Gasteiger partial charge in [0.1, 0.15) is 5.75 Å². The molecule has 0 aromatic heterocycles. The first-order valence-corrected chi connectivity index (χ1v) is 8.65. The normalized spacial score (nSPS) is 11.2. The van der Waals surface area contributed by atoms with Crippen LogP contribution in [0.25, 0.3) is 0 Å². The number of amides is 2. The van der Waals surface area contributed by atoms with Crippen LogP contribution < -0.4 is 15.4 Å². The van der Waals surface area contributed by atoms with Crippen molar-refractivity contribution >= 4 is 17.5 Å². The zero-order valence-corrected chi connectivity index (χ0v) is 15.9. The molecule has 5 heteroatoms. The molecule has 0 unspecified atom stereocenters. The predicted molar refractivity (Wildman–Crippen MR) is 104 cm³/mol. The molecule has 2 aromatic carbocycles. The minimum Gasteiger partial charge on any atom is -0.491 e. The summed E-state index contributed by atoms with van der Waals surface area (Å²) in [6.07, 6.45) is 0.0418. The second kappa shape index (κ2) is 8.04. The largest absolute Gasteiger partial charge is 0.491 e. The zero-order chi connectivity index (χ0) is 19.3. The monoisotopic (exact) mass is 354 g/mol. The molecular weight excluding hydrogens is 328 g/mol. The van der Waals surface area contributed by atoms with Crippen molar-refractivity contribution in [2.24, 2.45) is 0 Å². The van der Waals surface area contributed by atoms with E-state index in [4.69, 9.17) is 4.74 Å². The molecule has 0 saturated carbocycles. The maximum atomic E-state index is 12.4. The molecule has 0 spiro atoms. The number of carbonyl (C=O) groups excluding carboxylic acids is 2. The van der Waals surface area contributed by atoms with Crippen LogP contribution in [0.1, 0.15) is 55.3 Å². The van der Waals surface area contributed by atoms with Gasteiger partial charge in [0, 0.05) is 22.4 Å². The van der Waals surface area contributed by atoms with E-state index < -0.39 is 0 Å². The average Bonchev–Trinajstić information content (AvgIpc) is 2.53. The van der Waals surface area contributed by atoms with Gasteiger partial charge < -0.3 is 15.4 Å². The van der Waals surface area contributed by atoms with Gasteiger partial charge in [0.2, 0.25) is 0 Å². The van der Waals surface area contributed by atoms with Crippen molar-refractivity contribution in [1.82, 2.24) is 5.32 Å². The lowest BCUT2D eigenvalue weighted by atomic mass is 10.1. The van der Waals surface area contributed by atoms with E-state index in [2.05, 4.69) is 10.6 Å². The zero-order valence-electron chi connectivity index (χ0n) is 15.9. The van der Waals surface area contributed by atoms with Gasteiger partial charge in [-0.1, -0.05) is 6.07 Å². The number of benzene rings is 2. The van der Waals surface area contributed by atoms with E-state index in [-0.39, 0.29) is 23.5 Å². The van der Waals surface area contributed by atoms with Gasteiger partial charge in [-0.25, -0.2) is 0 Å². The summed E-state index contributed by atoms with van der Waals surface area (Å²) in [6.45, 7) is 9.65. The van der Waals surface area contributed by atoms with Gasteiger partial charge in [0.05, 0.1) is 6.10 Å². The number of rotatable bonds is 5. The molecule has 138 valence electrons. The van der Waals surface area contributed by atoms with E-state index in [1.165, 1.54) is 0 Å². The summed E-state index contributed by atoms with van der Waals surface area (Å²) in [5, 5.41) is 5.73. The summed E-state index contributed by atoms with van der Waals surface area (Å²) in [5.74, 6) is 0.280. The van der Waals surface area contributed by atoms with Crippen LogP contribution in [0.2, 0.25) is 0 Å². The third-order valence-corrected chi connectivity index (χ3v) is 3.36. The second-order valence-corrected chi connectivity index (χ2v) is 7.43. The van der Waals surface area contributed by atoms with Crippen LogP contribution in [0, 0.1) is 0 Å². The summed E-state index contributed by atoms with van der Waals surface area (Å²) in [4.78, 5) is 24.5. The summed E-state index contributed by atoms with van der Waals surface area (Å²) >= 11 is 0. The highest BCUT2D eigenvalue weighted by molar-refractivity contribution is 6.04. The molecule has 2 rings (SSSR count). The number of ether oxygens (including phenoxy) is 1. The smallest absolute Gasteiger partial charge is 0.255 e. The van der Waals surface area contributed by atoms with Crippen molar-refractivity contribution in [2.45, 2.75) is 46.3 Å². The molecule has 0 fully saturated rings. The molecule has 0 aliphatic heterocycles. The SMILES string of the molecule is CC(C)Oc1cccc(C(=O)Nc2ccc(C(=O)NC(C)(C)C)cc2)c1. The lowest BCUT2D eigenvalue weighted by Crippen LogP contribution is -2.40. The molecule has 0 radical (unpaired) electrons. The van der Waals surface area contributed by atoms with Crippen LogP contribution in [0.3, 0.4) is 0 Å². The van der Waals surface area contributed by atoms with Crippen molar-refractivity contribution in [3.63, 3.8) is 0 Å². The number of carbonyl (C=O) groups is 2. The molecule has 0 atom stereocenters. The van der Waals surface area contributed by atoms with Crippen LogP contribution in [-0.4, -0.2) is 23.5 Å². The van der Waals surface area contributed by atoms with E-state index in [1.807, 2.05) is 40.7 Å². The Balaban J connectivity index is 2.05. The number of hydrogen-bond acceptors (Lipinski definition) is 3. The van der Waals surface area contributed by atoms with Crippen molar-refractivity contribution < 1.29 is 14.3 Å². The van der Waals surface area contributed by atoms with E-state index >= 15 is 0 Å². The van der Waals surface area contributed by atoms with E-state index in [1.54, 1.807) is 42.5 Å². The Kier molecular flexibility index (Phi) is 6.03. The fourth-order valence-corrected chi connectivity index (χ4v) is 2.30. The molecule has 0 saturated heterocycles. The molecule has 0 aliphatic carbocycles. The van der Waals surface area contributed by atoms with Gasteiger partial charge in [-0.05, 0) is 77.1 Å². The highest BCUT2D eigenvalue weighted by Crippen LogP contribution is 2.17. The van der Waals surface area contributed by atoms with Crippen LogP contribution in [0.15, 0.2) is 48.5 Å². The lowest BCUT2D eigenvalue weighted by molar-refractivity contribution is 0.0919. The summed E-state index contributed by atoms with van der Waals surface area (Å²) in [7, 11) is 0. The molecule has 26 heavy (non-hydrogen) atoms. The van der Waals surface area contributed by atoms with Crippen LogP contribution in [0.4, 0.5) is 5.69 Å². The summed E-state index contributed by atoms with van der Waals surface area (Å²) in [6, 6.07) is 13.8. The Labute approximate surface area is 154 Å². The van der Waals surface area contributed by atoms with Gasteiger partial charge in [-0.3, -0.25) is 9.59 Å².